The van der Waals surface area contributed by atoms with E-state index in [4.69, 9.17) is 9.97 Å². The Morgan fingerprint density at radius 2 is 0.698 bits per heavy atom. The first kappa shape index (κ1) is 34.0. The molecule has 0 aliphatic rings. The summed E-state index contributed by atoms with van der Waals surface area (Å²) in [6.07, 6.45) is 8.07. The number of aromatic nitrogens is 8. The molecule has 10 aromatic rings. The largest absolute Gasteiger partial charge is 0.341 e. The number of fused-ring (bicyclic) bond motifs is 4. The Hall–Kier alpha value is -6.15. The average molecular weight is 869 g/mol. The van der Waals surface area contributed by atoms with Crippen LogP contribution in [0.15, 0.2) is 170 Å². The molecular formula is C44H36IrN8. The van der Waals surface area contributed by atoms with Crippen molar-refractivity contribution in [3.8, 4) is 0 Å². The molecule has 8 nitrogen and oxygen atoms in total. The summed E-state index contributed by atoms with van der Waals surface area (Å²) in [4.78, 5) is 9.71. The fourth-order valence-corrected chi connectivity index (χ4v) is 6.93. The summed E-state index contributed by atoms with van der Waals surface area (Å²) in [6.45, 7) is 2.88. The Morgan fingerprint density at radius 1 is 0.340 bits per heavy atom. The predicted molar refractivity (Wildman–Crippen MR) is 208 cm³/mol. The van der Waals surface area contributed by atoms with Crippen molar-refractivity contribution in [3.05, 3.63) is 193 Å². The van der Waals surface area contributed by atoms with Gasteiger partial charge in [-0.3, -0.25) is 19.3 Å². The van der Waals surface area contributed by atoms with Crippen LogP contribution in [0.25, 0.3) is 43.6 Å². The minimum absolute atomic E-state index is 0. The molecule has 261 valence electrons. The van der Waals surface area contributed by atoms with Crippen LogP contribution in [0.2, 0.25) is 0 Å². The molecule has 0 unspecified atom stereocenters. The first-order valence-electron chi connectivity index (χ1n) is 17.5. The van der Waals surface area contributed by atoms with Gasteiger partial charge in [0.05, 0.1) is 72.4 Å². The number of hydrogen-bond donors (Lipinski definition) is 0. The second-order valence-corrected chi connectivity index (χ2v) is 13.0. The summed E-state index contributed by atoms with van der Waals surface area (Å²) in [5.41, 5.74) is 8.89. The van der Waals surface area contributed by atoms with Gasteiger partial charge in [0.15, 0.2) is 0 Å². The molecule has 0 atom stereocenters. The summed E-state index contributed by atoms with van der Waals surface area (Å²) in [6, 6.07) is 50.1. The fraction of sp³-hybridized carbons (Fsp3) is 0.0909. The molecule has 10 rings (SSSR count). The van der Waals surface area contributed by atoms with E-state index >= 15 is 0 Å². The van der Waals surface area contributed by atoms with Gasteiger partial charge >= 0.3 is 0 Å². The van der Waals surface area contributed by atoms with E-state index in [0.717, 1.165) is 57.7 Å². The van der Waals surface area contributed by atoms with Crippen LogP contribution in [0.5, 0.6) is 0 Å². The quantitative estimate of drug-likeness (QED) is 0.153. The molecular weight excluding hydrogens is 833 g/mol. The zero-order chi connectivity index (χ0) is 34.7. The molecule has 4 aromatic carbocycles. The molecule has 9 heteroatoms. The first-order valence-corrected chi connectivity index (χ1v) is 17.5. The SMILES string of the molecule is [Ir].c1cc(Cn2ccc3ccccc32)nc(Cn2ccc3ccccc32)c1.c1cc(Cn2ncc3ccccc32)nc(Cn2ncc3ccccc32)c1. The van der Waals surface area contributed by atoms with Crippen LogP contribution >= 0.6 is 0 Å². The van der Waals surface area contributed by atoms with Gasteiger partial charge in [0, 0.05) is 54.3 Å². The molecule has 0 amide bonds. The van der Waals surface area contributed by atoms with Crippen molar-refractivity contribution in [1.82, 2.24) is 38.7 Å². The third kappa shape index (κ3) is 7.31. The molecule has 1 radical (unpaired) electrons. The van der Waals surface area contributed by atoms with Gasteiger partial charge in [0.25, 0.3) is 0 Å². The molecule has 0 N–H and O–H groups in total. The van der Waals surface area contributed by atoms with Crippen LogP contribution in [-0.2, 0) is 46.3 Å². The van der Waals surface area contributed by atoms with Gasteiger partial charge in [-0.15, -0.1) is 0 Å². The van der Waals surface area contributed by atoms with E-state index in [9.17, 15) is 0 Å². The molecule has 0 saturated heterocycles. The summed E-state index contributed by atoms with van der Waals surface area (Å²) < 4.78 is 8.49. The standard InChI is InChI=1S/C23H19N3.C21H17N5.Ir/c1-3-10-22-18(6-1)12-14-25(22)16-20-8-5-9-21(24-20)17-26-15-13-19-7-2-4-11-23(19)26;1-3-10-20-16(6-1)12-22-25(20)14-18-8-5-9-19(24-18)15-26-21-11-4-2-7-17(21)13-23-26;/h1-15H,16-17H2;1-13H,14-15H2;. The van der Waals surface area contributed by atoms with Crippen molar-refractivity contribution in [3.63, 3.8) is 0 Å². The maximum absolute atomic E-state index is 4.89. The van der Waals surface area contributed by atoms with Crippen LogP contribution in [0.1, 0.15) is 22.8 Å². The Kier molecular flexibility index (Phi) is 9.75. The molecule has 0 bridgehead atoms. The Balaban J connectivity index is 0.000000148. The predicted octanol–water partition coefficient (Wildman–Crippen LogP) is 8.96. The Bertz CT molecular complexity index is 2410. The molecule has 6 aromatic heterocycles. The second kappa shape index (κ2) is 15.2. The van der Waals surface area contributed by atoms with E-state index < -0.39 is 0 Å². The van der Waals surface area contributed by atoms with Gasteiger partial charge < -0.3 is 9.13 Å². The van der Waals surface area contributed by atoms with Gasteiger partial charge in [-0.05, 0) is 71.4 Å². The number of nitrogens with zero attached hydrogens (tertiary/aromatic N) is 8. The summed E-state index contributed by atoms with van der Waals surface area (Å²) >= 11 is 0. The second-order valence-electron chi connectivity index (χ2n) is 13.0. The van der Waals surface area contributed by atoms with Crippen LogP contribution < -0.4 is 0 Å². The third-order valence-corrected chi connectivity index (χ3v) is 9.48. The summed E-state index contributed by atoms with van der Waals surface area (Å²) in [7, 11) is 0. The van der Waals surface area contributed by atoms with Crippen molar-refractivity contribution < 1.29 is 20.1 Å². The monoisotopic (exact) mass is 869 g/mol. The molecule has 0 fully saturated rings. The van der Waals surface area contributed by atoms with Crippen LogP contribution in [-0.4, -0.2) is 38.7 Å². The average Bonchev–Trinajstić information content (AvgIpc) is 3.99. The van der Waals surface area contributed by atoms with Crippen molar-refractivity contribution in [2.24, 2.45) is 0 Å². The van der Waals surface area contributed by atoms with E-state index in [-0.39, 0.29) is 20.1 Å². The Morgan fingerprint density at radius 3 is 1.13 bits per heavy atom. The molecule has 53 heavy (non-hydrogen) atoms. The van der Waals surface area contributed by atoms with Crippen molar-refractivity contribution >= 4 is 43.6 Å². The molecule has 0 aliphatic heterocycles. The zero-order valence-corrected chi connectivity index (χ0v) is 31.3. The number of rotatable bonds is 8. The van der Waals surface area contributed by atoms with E-state index in [1.54, 1.807) is 0 Å². The minimum atomic E-state index is 0. The number of para-hydroxylation sites is 4. The third-order valence-electron chi connectivity index (χ3n) is 9.48. The zero-order valence-electron chi connectivity index (χ0n) is 28.9. The van der Waals surface area contributed by atoms with E-state index in [2.05, 4.69) is 141 Å². The van der Waals surface area contributed by atoms with Crippen molar-refractivity contribution in [1.29, 1.82) is 0 Å². The number of hydrogen-bond acceptors (Lipinski definition) is 4. The smallest absolute Gasteiger partial charge is 0.0838 e. The van der Waals surface area contributed by atoms with Gasteiger partial charge in [0.2, 0.25) is 0 Å². The van der Waals surface area contributed by atoms with Crippen LogP contribution in [0.4, 0.5) is 0 Å². The maximum Gasteiger partial charge on any atom is 0.0838 e. The minimum Gasteiger partial charge on any atom is -0.341 e. The fourth-order valence-electron chi connectivity index (χ4n) is 6.93. The van der Waals surface area contributed by atoms with Crippen molar-refractivity contribution in [2.45, 2.75) is 26.2 Å². The van der Waals surface area contributed by atoms with E-state index in [1.165, 1.54) is 21.8 Å². The van der Waals surface area contributed by atoms with Crippen LogP contribution in [0.3, 0.4) is 0 Å². The molecule has 0 aliphatic carbocycles. The van der Waals surface area contributed by atoms with Gasteiger partial charge in [-0.2, -0.15) is 10.2 Å². The molecule has 0 saturated carbocycles. The van der Waals surface area contributed by atoms with Crippen molar-refractivity contribution in [2.75, 3.05) is 0 Å². The van der Waals surface area contributed by atoms with Crippen LogP contribution in [0, 0.1) is 0 Å². The van der Waals surface area contributed by atoms with Gasteiger partial charge in [-0.25, -0.2) is 0 Å². The molecule has 6 heterocycles. The Labute approximate surface area is 320 Å². The summed E-state index contributed by atoms with van der Waals surface area (Å²) in [5, 5.41) is 13.8. The normalized spacial score (nSPS) is 11.2. The molecule has 0 spiro atoms. The topological polar surface area (TPSA) is 71.3 Å². The van der Waals surface area contributed by atoms with E-state index in [1.807, 2.05) is 58.2 Å². The maximum atomic E-state index is 4.89. The number of pyridine rings is 2. The first-order chi connectivity index (χ1) is 25.7. The van der Waals surface area contributed by atoms with Gasteiger partial charge in [0.1, 0.15) is 0 Å². The van der Waals surface area contributed by atoms with Gasteiger partial charge in [-0.1, -0.05) is 84.9 Å². The summed E-state index contributed by atoms with van der Waals surface area (Å²) in [5.74, 6) is 0. The number of benzene rings is 4. The van der Waals surface area contributed by atoms with E-state index in [0.29, 0.717) is 13.1 Å².